The molecule has 0 unspecified atom stereocenters. The van der Waals surface area contributed by atoms with Gasteiger partial charge in [0.1, 0.15) is 33.2 Å². The Hall–Kier alpha value is -1.41. The number of amides is 1. The SMILES string of the molecule is CC(C)(C)OC(=O)NCc1nc(C2=N[C@](C)(C=O)CS2)cs1. The summed E-state index contributed by atoms with van der Waals surface area (Å²) in [7, 11) is 0. The summed E-state index contributed by atoms with van der Waals surface area (Å²) in [5, 5.41) is 6.09. The van der Waals surface area contributed by atoms with Gasteiger partial charge in [-0.15, -0.1) is 23.1 Å². The van der Waals surface area contributed by atoms with Gasteiger partial charge in [-0.1, -0.05) is 0 Å². The summed E-state index contributed by atoms with van der Waals surface area (Å²) >= 11 is 2.96. The second kappa shape index (κ2) is 6.37. The standard InChI is InChI=1S/C14H19N3O3S2/c1-13(2,3)20-12(19)15-5-10-16-9(6-21-10)11-17-14(4,7-18)8-22-11/h6-7H,5,8H2,1-4H3,(H,15,19)/t14-/m1/s1. The minimum absolute atomic E-state index is 0.308. The normalized spacial score (nSPS) is 21.4. The Morgan fingerprint density at radius 1 is 1.55 bits per heavy atom. The van der Waals surface area contributed by atoms with Crippen molar-refractivity contribution in [1.82, 2.24) is 10.3 Å². The van der Waals surface area contributed by atoms with Crippen LogP contribution in [0.4, 0.5) is 4.79 Å². The smallest absolute Gasteiger partial charge is 0.408 e. The zero-order valence-electron chi connectivity index (χ0n) is 13.0. The first-order chi connectivity index (χ1) is 10.2. The minimum atomic E-state index is -0.654. The van der Waals surface area contributed by atoms with Crippen LogP contribution in [0, 0.1) is 0 Å². The van der Waals surface area contributed by atoms with E-state index in [1.54, 1.807) is 6.92 Å². The minimum Gasteiger partial charge on any atom is -0.444 e. The number of nitrogens with one attached hydrogen (secondary N) is 1. The van der Waals surface area contributed by atoms with Crippen molar-refractivity contribution < 1.29 is 14.3 Å². The maximum absolute atomic E-state index is 11.6. The Morgan fingerprint density at radius 2 is 2.27 bits per heavy atom. The van der Waals surface area contributed by atoms with Gasteiger partial charge in [0.2, 0.25) is 0 Å². The van der Waals surface area contributed by atoms with Crippen molar-refractivity contribution in [2.75, 3.05) is 5.75 Å². The lowest BCUT2D eigenvalue weighted by atomic mass is 10.1. The summed E-state index contributed by atoms with van der Waals surface area (Å²) in [4.78, 5) is 31.4. The second-order valence-electron chi connectivity index (χ2n) is 6.16. The number of nitrogens with zero attached hydrogens (tertiary/aromatic N) is 2. The fraction of sp³-hybridized carbons (Fsp3) is 0.571. The molecule has 0 saturated heterocycles. The summed E-state index contributed by atoms with van der Waals surface area (Å²) in [6, 6.07) is 0. The number of carbonyl (C=O) groups excluding carboxylic acids is 2. The third-order valence-electron chi connectivity index (χ3n) is 2.67. The Labute approximate surface area is 137 Å². The number of aromatic nitrogens is 1. The Balaban J connectivity index is 1.94. The monoisotopic (exact) mass is 341 g/mol. The zero-order chi connectivity index (χ0) is 16.4. The van der Waals surface area contributed by atoms with E-state index in [-0.39, 0.29) is 0 Å². The highest BCUT2D eigenvalue weighted by Crippen LogP contribution is 2.29. The Bertz CT molecular complexity index is 607. The van der Waals surface area contributed by atoms with E-state index in [2.05, 4.69) is 15.3 Å². The van der Waals surface area contributed by atoms with Crippen molar-refractivity contribution in [3.8, 4) is 0 Å². The predicted molar refractivity (Wildman–Crippen MR) is 88.7 cm³/mol. The molecule has 1 amide bonds. The Morgan fingerprint density at radius 3 is 2.86 bits per heavy atom. The van der Waals surface area contributed by atoms with Crippen LogP contribution in [0.25, 0.3) is 0 Å². The molecule has 0 fully saturated rings. The van der Waals surface area contributed by atoms with Crippen LogP contribution < -0.4 is 5.32 Å². The van der Waals surface area contributed by atoms with Gasteiger partial charge in [0.05, 0.1) is 6.54 Å². The van der Waals surface area contributed by atoms with Crippen LogP contribution in [0.1, 0.15) is 38.4 Å². The molecule has 22 heavy (non-hydrogen) atoms. The number of rotatable bonds is 4. The van der Waals surface area contributed by atoms with E-state index in [9.17, 15) is 9.59 Å². The van der Waals surface area contributed by atoms with Crippen LogP contribution in [0.3, 0.4) is 0 Å². The first-order valence-electron chi connectivity index (χ1n) is 6.81. The van der Waals surface area contributed by atoms with Crippen LogP contribution >= 0.6 is 23.1 Å². The molecule has 0 bridgehead atoms. The predicted octanol–water partition coefficient (Wildman–Crippen LogP) is 2.62. The Kier molecular flexibility index (Phi) is 4.91. The van der Waals surface area contributed by atoms with E-state index in [0.717, 1.165) is 22.0 Å². The van der Waals surface area contributed by atoms with Crippen molar-refractivity contribution in [3.05, 3.63) is 16.1 Å². The number of hydrogen-bond acceptors (Lipinski definition) is 7. The molecule has 0 aromatic carbocycles. The van der Waals surface area contributed by atoms with E-state index in [1.807, 2.05) is 26.2 Å². The maximum atomic E-state index is 11.6. The molecule has 0 aliphatic carbocycles. The zero-order valence-corrected chi connectivity index (χ0v) is 14.6. The highest BCUT2D eigenvalue weighted by molar-refractivity contribution is 8.14. The average Bonchev–Trinajstić information content (AvgIpc) is 3.02. The summed E-state index contributed by atoms with van der Waals surface area (Å²) in [6.45, 7) is 7.55. The van der Waals surface area contributed by atoms with E-state index >= 15 is 0 Å². The van der Waals surface area contributed by atoms with Crippen molar-refractivity contribution in [2.45, 2.75) is 45.4 Å². The lowest BCUT2D eigenvalue weighted by Crippen LogP contribution is -2.32. The van der Waals surface area contributed by atoms with Gasteiger partial charge in [-0.2, -0.15) is 0 Å². The molecule has 1 N–H and O–H groups in total. The van der Waals surface area contributed by atoms with Crippen molar-refractivity contribution >= 4 is 40.5 Å². The number of thioether (sulfide) groups is 1. The average molecular weight is 341 g/mol. The molecule has 1 aromatic heterocycles. The van der Waals surface area contributed by atoms with Crippen LogP contribution in [-0.4, -0.2) is 39.3 Å². The largest absolute Gasteiger partial charge is 0.444 e. The molecule has 0 radical (unpaired) electrons. The van der Waals surface area contributed by atoms with E-state index in [0.29, 0.717) is 12.3 Å². The topological polar surface area (TPSA) is 80.7 Å². The van der Waals surface area contributed by atoms with Crippen molar-refractivity contribution in [2.24, 2.45) is 4.99 Å². The number of thiazole rings is 1. The van der Waals surface area contributed by atoms with Gasteiger partial charge in [-0.05, 0) is 27.7 Å². The second-order valence-corrected chi connectivity index (χ2v) is 8.07. The van der Waals surface area contributed by atoms with Crippen LogP contribution in [0.2, 0.25) is 0 Å². The number of ether oxygens (including phenoxy) is 1. The number of aldehydes is 1. The van der Waals surface area contributed by atoms with E-state index in [1.165, 1.54) is 23.1 Å². The molecule has 0 saturated carbocycles. The van der Waals surface area contributed by atoms with E-state index in [4.69, 9.17) is 4.74 Å². The molecular weight excluding hydrogens is 322 g/mol. The van der Waals surface area contributed by atoms with Gasteiger partial charge < -0.3 is 14.8 Å². The molecule has 0 spiro atoms. The molecule has 2 rings (SSSR count). The summed E-state index contributed by atoms with van der Waals surface area (Å²) < 4.78 is 5.17. The molecular formula is C14H19N3O3S2. The van der Waals surface area contributed by atoms with Crippen LogP contribution in [0.15, 0.2) is 10.4 Å². The van der Waals surface area contributed by atoms with Gasteiger partial charge >= 0.3 is 6.09 Å². The highest BCUT2D eigenvalue weighted by atomic mass is 32.2. The quantitative estimate of drug-likeness (QED) is 0.852. The summed E-state index contributed by atoms with van der Waals surface area (Å²) in [5.74, 6) is 0.634. The van der Waals surface area contributed by atoms with E-state index < -0.39 is 17.2 Å². The lowest BCUT2D eigenvalue weighted by molar-refractivity contribution is -0.110. The summed E-state index contributed by atoms with van der Waals surface area (Å²) in [5.41, 5.74) is -0.424. The highest BCUT2D eigenvalue weighted by Gasteiger charge is 2.31. The molecule has 1 atom stereocenters. The maximum Gasteiger partial charge on any atom is 0.408 e. The van der Waals surface area contributed by atoms with Crippen LogP contribution in [-0.2, 0) is 16.1 Å². The van der Waals surface area contributed by atoms with Crippen molar-refractivity contribution in [3.63, 3.8) is 0 Å². The third kappa shape index (κ3) is 4.54. The first-order valence-corrected chi connectivity index (χ1v) is 8.68. The number of carbonyl (C=O) groups is 2. The van der Waals surface area contributed by atoms with Gasteiger partial charge in [0.15, 0.2) is 0 Å². The van der Waals surface area contributed by atoms with Gasteiger partial charge in [0, 0.05) is 11.1 Å². The van der Waals surface area contributed by atoms with Crippen molar-refractivity contribution in [1.29, 1.82) is 0 Å². The first kappa shape index (κ1) is 17.0. The van der Waals surface area contributed by atoms with Crippen LogP contribution in [0.5, 0.6) is 0 Å². The fourth-order valence-electron chi connectivity index (χ4n) is 1.65. The fourth-order valence-corrected chi connectivity index (χ4v) is 3.54. The number of aliphatic imine (C=N–C) groups is 1. The molecule has 2 heterocycles. The number of alkyl carbamates (subject to hydrolysis) is 1. The molecule has 8 heteroatoms. The molecule has 6 nitrogen and oxygen atoms in total. The molecule has 120 valence electrons. The van der Waals surface area contributed by atoms with Gasteiger partial charge in [-0.3, -0.25) is 4.99 Å². The lowest BCUT2D eigenvalue weighted by Gasteiger charge is -2.19. The molecule has 1 aliphatic heterocycles. The molecule has 1 aliphatic rings. The third-order valence-corrected chi connectivity index (χ3v) is 4.82. The van der Waals surface area contributed by atoms with Gasteiger partial charge in [0.25, 0.3) is 0 Å². The molecule has 1 aromatic rings. The summed E-state index contributed by atoms with van der Waals surface area (Å²) in [6.07, 6.45) is 0.398. The van der Waals surface area contributed by atoms with Gasteiger partial charge in [-0.25, -0.2) is 9.78 Å². The number of hydrogen-bond donors (Lipinski definition) is 1.